The Balaban J connectivity index is 3.61. The van der Waals surface area contributed by atoms with Crippen molar-refractivity contribution in [3.05, 3.63) is 0 Å². The van der Waals surface area contributed by atoms with Crippen LogP contribution in [0.1, 0.15) is 20.3 Å². The number of carbonyl (C=O) groups excluding carboxylic acids is 1. The van der Waals surface area contributed by atoms with Crippen molar-refractivity contribution in [1.82, 2.24) is 0 Å². The molecular formula is C7H15NO2. The molecule has 0 bridgehead atoms. The summed E-state index contributed by atoms with van der Waals surface area (Å²) >= 11 is 0. The summed E-state index contributed by atoms with van der Waals surface area (Å²) in [6, 6.07) is -0.454. The van der Waals surface area contributed by atoms with Crippen LogP contribution in [0.4, 0.5) is 0 Å². The summed E-state index contributed by atoms with van der Waals surface area (Å²) in [6.45, 7) is 4.03. The molecule has 0 amide bonds. The first-order chi connectivity index (χ1) is 4.57. The molecule has 0 unspecified atom stereocenters. The molecule has 3 nitrogen and oxygen atoms in total. The van der Waals surface area contributed by atoms with Crippen molar-refractivity contribution in [1.29, 1.82) is 0 Å². The molecule has 0 aromatic carbocycles. The third-order valence-electron chi connectivity index (χ3n) is 1.23. The van der Waals surface area contributed by atoms with Crippen LogP contribution < -0.4 is 5.73 Å². The van der Waals surface area contributed by atoms with Crippen LogP contribution in [-0.2, 0) is 9.53 Å². The van der Waals surface area contributed by atoms with Gasteiger partial charge < -0.3 is 10.5 Å². The zero-order valence-electron chi connectivity index (χ0n) is 6.76. The normalized spacial score (nSPS) is 13.3. The highest BCUT2D eigenvalue weighted by molar-refractivity contribution is 5.75. The number of hydrogen-bond donors (Lipinski definition) is 1. The van der Waals surface area contributed by atoms with E-state index in [-0.39, 0.29) is 5.97 Å². The zero-order chi connectivity index (χ0) is 8.15. The molecule has 3 heteroatoms. The van der Waals surface area contributed by atoms with Crippen LogP contribution in [0.2, 0.25) is 0 Å². The average molecular weight is 148 g/mol. The molecule has 2 N–H and O–H groups in total. The van der Waals surface area contributed by atoms with Crippen molar-refractivity contribution in [3.8, 4) is 0 Å². The van der Waals surface area contributed by atoms with Crippen LogP contribution in [0.3, 0.4) is 0 Å². The van der Waals surface area contributed by atoms with Crippen molar-refractivity contribution < 1.29 is 9.53 Å². The van der Waals surface area contributed by atoms with E-state index in [0.717, 1.165) is 0 Å². The molecule has 0 aliphatic rings. The molecule has 10 heavy (non-hydrogen) atoms. The van der Waals surface area contributed by atoms with Gasteiger partial charge in [0.25, 0.3) is 0 Å². The summed E-state index contributed by atoms with van der Waals surface area (Å²) < 4.78 is 4.45. The van der Waals surface area contributed by atoms with E-state index in [1.807, 2.05) is 13.8 Å². The number of ether oxygens (including phenoxy) is 1. The lowest BCUT2D eigenvalue weighted by Gasteiger charge is -2.10. The van der Waals surface area contributed by atoms with Gasteiger partial charge in [-0.15, -0.1) is 0 Å². The van der Waals surface area contributed by atoms with Crippen LogP contribution in [0.25, 0.3) is 0 Å². The smallest absolute Gasteiger partial charge is 0.322 e. The Morgan fingerprint density at radius 2 is 2.10 bits per heavy atom. The molecule has 0 aromatic heterocycles. The number of esters is 1. The Hall–Kier alpha value is -0.570. The van der Waals surface area contributed by atoms with Gasteiger partial charge in [-0.3, -0.25) is 4.79 Å². The molecule has 0 rings (SSSR count). The van der Waals surface area contributed by atoms with E-state index in [2.05, 4.69) is 4.74 Å². The Morgan fingerprint density at radius 1 is 1.60 bits per heavy atom. The zero-order valence-corrected chi connectivity index (χ0v) is 6.76. The van der Waals surface area contributed by atoms with Crippen LogP contribution in [0.15, 0.2) is 0 Å². The van der Waals surface area contributed by atoms with E-state index >= 15 is 0 Å². The quantitative estimate of drug-likeness (QED) is 0.361. The molecule has 0 radical (unpaired) electrons. The fraction of sp³-hybridized carbons (Fsp3) is 0.857. The standard InChI is InChI=1S/C7H15NO2/c1-5(2)4-6(8)7(9)10-3/h5-6H,4,8H2,1-3H3/t6-/m1/s1/i6+1,7+1,8+1. The van der Waals surface area contributed by atoms with Crippen LogP contribution in [0.5, 0.6) is 0 Å². The van der Waals surface area contributed by atoms with Crippen molar-refractivity contribution >= 4 is 5.97 Å². The summed E-state index contributed by atoms with van der Waals surface area (Å²) in [4.78, 5) is 10.7. The molecule has 0 aromatic rings. The van der Waals surface area contributed by atoms with Gasteiger partial charge in [-0.05, 0) is 12.3 Å². The molecule has 0 fully saturated rings. The SMILES string of the molecule is CO[13C](=O)[13C@H]([15NH2])CC(C)C. The van der Waals surface area contributed by atoms with E-state index in [0.29, 0.717) is 12.3 Å². The molecule has 0 aliphatic carbocycles. The van der Waals surface area contributed by atoms with Gasteiger partial charge in [-0.25, -0.2) is 0 Å². The summed E-state index contributed by atoms with van der Waals surface area (Å²) in [5.41, 5.74) is 5.45. The van der Waals surface area contributed by atoms with Crippen molar-refractivity contribution in [3.63, 3.8) is 0 Å². The lowest BCUT2D eigenvalue weighted by molar-refractivity contribution is -0.142. The van der Waals surface area contributed by atoms with E-state index in [1.165, 1.54) is 7.11 Å². The first-order valence-corrected chi connectivity index (χ1v) is 3.41. The van der Waals surface area contributed by atoms with Gasteiger partial charge in [-0.2, -0.15) is 0 Å². The maximum Gasteiger partial charge on any atom is 0.322 e. The first kappa shape index (κ1) is 9.43. The molecular weight excluding hydrogens is 133 g/mol. The Kier molecular flexibility index (Phi) is 4.03. The van der Waals surface area contributed by atoms with Crippen LogP contribution >= 0.6 is 0 Å². The van der Waals surface area contributed by atoms with Crippen LogP contribution in [0, 0.1) is 5.92 Å². The fourth-order valence-corrected chi connectivity index (χ4v) is 0.755. The highest BCUT2D eigenvalue weighted by Gasteiger charge is 2.14. The monoisotopic (exact) mass is 148 g/mol. The molecule has 1 atom stereocenters. The summed E-state index contributed by atoms with van der Waals surface area (Å²) in [7, 11) is 1.35. The van der Waals surface area contributed by atoms with E-state index in [9.17, 15) is 4.79 Å². The number of carbonyl (C=O) groups is 1. The number of nitrogens with two attached hydrogens (primary N) is 1. The second kappa shape index (κ2) is 4.28. The number of hydrogen-bond acceptors (Lipinski definition) is 3. The van der Waals surface area contributed by atoms with Crippen molar-refractivity contribution in [2.24, 2.45) is 11.7 Å². The lowest BCUT2D eigenvalue weighted by atomic mass is 10.2. The summed E-state index contributed by atoms with van der Waals surface area (Å²) in [5.74, 6) is 0.114. The molecule has 0 saturated carbocycles. The van der Waals surface area contributed by atoms with Crippen molar-refractivity contribution in [2.45, 2.75) is 26.3 Å². The second-order valence-corrected chi connectivity index (χ2v) is 2.76. The minimum absolute atomic E-state index is 0.325. The van der Waals surface area contributed by atoms with E-state index < -0.39 is 6.04 Å². The maximum atomic E-state index is 10.7. The Labute approximate surface area is 61.5 Å². The lowest BCUT2D eigenvalue weighted by Crippen LogP contribution is -2.32. The molecule has 60 valence electrons. The first-order valence-electron chi connectivity index (χ1n) is 3.41. The minimum atomic E-state index is -0.454. The third kappa shape index (κ3) is 3.45. The van der Waals surface area contributed by atoms with E-state index in [1.54, 1.807) is 0 Å². The summed E-state index contributed by atoms with van der Waals surface area (Å²) in [6.07, 6.45) is 0.687. The molecule has 0 saturated heterocycles. The van der Waals surface area contributed by atoms with Gasteiger partial charge in [0.2, 0.25) is 0 Å². The molecule has 0 heterocycles. The van der Waals surface area contributed by atoms with E-state index in [4.69, 9.17) is 5.73 Å². The fourth-order valence-electron chi connectivity index (χ4n) is 0.755. The van der Waals surface area contributed by atoms with Gasteiger partial charge in [0.15, 0.2) is 0 Å². The average Bonchev–Trinajstić information content (AvgIpc) is 1.85. The third-order valence-corrected chi connectivity index (χ3v) is 1.23. The summed E-state index contributed by atoms with van der Waals surface area (Å²) in [5, 5.41) is 0. The molecule has 0 spiro atoms. The topological polar surface area (TPSA) is 52.3 Å². The van der Waals surface area contributed by atoms with Gasteiger partial charge in [0.05, 0.1) is 7.11 Å². The second-order valence-electron chi connectivity index (χ2n) is 2.76. The van der Waals surface area contributed by atoms with Gasteiger partial charge >= 0.3 is 5.97 Å². The highest BCUT2D eigenvalue weighted by Crippen LogP contribution is 2.02. The minimum Gasteiger partial charge on any atom is -0.468 e. The Morgan fingerprint density at radius 3 is 2.40 bits per heavy atom. The Bertz CT molecular complexity index is 112. The van der Waals surface area contributed by atoms with Gasteiger partial charge in [0, 0.05) is 0 Å². The van der Waals surface area contributed by atoms with Crippen molar-refractivity contribution in [2.75, 3.05) is 7.11 Å². The van der Waals surface area contributed by atoms with Gasteiger partial charge in [-0.1, -0.05) is 13.8 Å². The maximum absolute atomic E-state index is 10.7. The number of methoxy groups -OCH3 is 1. The highest BCUT2D eigenvalue weighted by atomic mass is 16.6. The number of rotatable bonds is 3. The van der Waals surface area contributed by atoms with Gasteiger partial charge in [0.1, 0.15) is 6.04 Å². The largest absolute Gasteiger partial charge is 0.468 e. The van der Waals surface area contributed by atoms with Crippen LogP contribution in [-0.4, -0.2) is 19.1 Å². The predicted octanol–water partition coefficient (Wildman–Crippen LogP) is 0.533. The predicted molar refractivity (Wildman–Crippen MR) is 39.4 cm³/mol. The molecule has 0 aliphatic heterocycles.